The number of nitrogens with one attached hydrogen (secondary N) is 1. The van der Waals surface area contributed by atoms with Crippen LogP contribution in [0.1, 0.15) is 44.7 Å². The number of pyridine rings is 2. The highest BCUT2D eigenvalue weighted by Crippen LogP contribution is 2.23. The van der Waals surface area contributed by atoms with Crippen molar-refractivity contribution in [3.8, 4) is 11.9 Å². The third-order valence-corrected chi connectivity index (χ3v) is 5.34. The van der Waals surface area contributed by atoms with Crippen molar-refractivity contribution in [1.29, 1.82) is 5.26 Å². The van der Waals surface area contributed by atoms with Gasteiger partial charge in [0.1, 0.15) is 11.7 Å². The van der Waals surface area contributed by atoms with Crippen LogP contribution in [0.3, 0.4) is 0 Å². The number of alkyl carbamates (subject to hydrolysis) is 1. The number of amides is 1. The summed E-state index contributed by atoms with van der Waals surface area (Å²) in [5.41, 5.74) is 1.78. The van der Waals surface area contributed by atoms with E-state index in [1.807, 2.05) is 20.8 Å². The van der Waals surface area contributed by atoms with Gasteiger partial charge >= 0.3 is 6.09 Å². The highest BCUT2D eigenvalue weighted by atomic mass is 16.6. The highest BCUT2D eigenvalue weighted by Gasteiger charge is 2.25. The summed E-state index contributed by atoms with van der Waals surface area (Å²) in [5, 5.41) is 23.2. The molecule has 2 aromatic heterocycles. The van der Waals surface area contributed by atoms with Crippen molar-refractivity contribution in [2.75, 3.05) is 26.7 Å². The minimum absolute atomic E-state index is 0.0595. The molecule has 1 fully saturated rings. The third-order valence-electron chi connectivity index (χ3n) is 5.34. The largest absolute Gasteiger partial charge is 0.481 e. The van der Waals surface area contributed by atoms with E-state index in [2.05, 4.69) is 26.3 Å². The van der Waals surface area contributed by atoms with Crippen molar-refractivity contribution in [3.05, 3.63) is 29.5 Å². The molecule has 32 heavy (non-hydrogen) atoms. The van der Waals surface area contributed by atoms with Gasteiger partial charge in [-0.1, -0.05) is 0 Å². The van der Waals surface area contributed by atoms with Crippen molar-refractivity contribution in [3.63, 3.8) is 0 Å². The molecule has 1 saturated heterocycles. The molecular formula is C23H31N5O4. The first-order valence-corrected chi connectivity index (χ1v) is 10.8. The van der Waals surface area contributed by atoms with Gasteiger partial charge in [0.25, 0.3) is 0 Å². The number of aliphatic hydroxyl groups is 1. The average Bonchev–Trinajstić information content (AvgIpc) is 2.73. The lowest BCUT2D eigenvalue weighted by Crippen LogP contribution is -2.47. The summed E-state index contributed by atoms with van der Waals surface area (Å²) in [6, 6.07) is 5.73. The molecule has 2 N–H and O–H groups in total. The van der Waals surface area contributed by atoms with E-state index in [-0.39, 0.29) is 12.5 Å². The standard InChI is InChI=1S/C23H31N5O4/c1-23(2,3)32-22(30)26-16-7-9-28(10-8-16)14-17(29)11-18-15(12-24)13-25-19-5-6-20(31-4)27-21(18)19/h5-6,13,16-17,29H,7-11,14H2,1-4H3,(H,26,30). The van der Waals surface area contributed by atoms with Crippen LogP contribution in [-0.4, -0.2) is 70.6 Å². The Morgan fingerprint density at radius 2 is 2.09 bits per heavy atom. The van der Waals surface area contributed by atoms with Gasteiger partial charge in [-0.3, -0.25) is 4.98 Å². The molecule has 1 atom stereocenters. The number of piperidine rings is 1. The van der Waals surface area contributed by atoms with Gasteiger partial charge in [-0.05, 0) is 39.7 Å². The Kier molecular flexibility index (Phi) is 7.48. The lowest BCUT2D eigenvalue weighted by atomic mass is 10.00. The number of aliphatic hydroxyl groups excluding tert-OH is 1. The van der Waals surface area contributed by atoms with Gasteiger partial charge in [-0.15, -0.1) is 0 Å². The molecule has 0 aliphatic carbocycles. The number of aromatic nitrogens is 2. The minimum atomic E-state index is -0.670. The SMILES string of the molecule is COc1ccc2ncc(C#N)c(CC(O)CN3CCC(NC(=O)OC(C)(C)C)CC3)c2n1. The molecule has 0 bridgehead atoms. The summed E-state index contributed by atoms with van der Waals surface area (Å²) < 4.78 is 10.5. The number of fused-ring (bicyclic) bond motifs is 1. The van der Waals surface area contributed by atoms with Gasteiger partial charge in [-0.2, -0.15) is 5.26 Å². The number of hydrogen-bond acceptors (Lipinski definition) is 8. The maximum Gasteiger partial charge on any atom is 0.407 e. The molecule has 0 saturated carbocycles. The fourth-order valence-corrected chi connectivity index (χ4v) is 3.85. The molecular weight excluding hydrogens is 410 g/mol. The topological polar surface area (TPSA) is 121 Å². The van der Waals surface area contributed by atoms with Crippen LogP contribution < -0.4 is 10.1 Å². The molecule has 0 spiro atoms. The van der Waals surface area contributed by atoms with Crippen molar-refractivity contribution in [2.45, 2.75) is 57.8 Å². The number of rotatable bonds is 6. The van der Waals surface area contributed by atoms with Crippen LogP contribution in [0.15, 0.2) is 18.3 Å². The first kappa shape index (κ1) is 23.7. The summed E-state index contributed by atoms with van der Waals surface area (Å²) in [6.45, 7) is 7.50. The number of nitrogens with zero attached hydrogens (tertiary/aromatic N) is 4. The smallest absolute Gasteiger partial charge is 0.407 e. The summed E-state index contributed by atoms with van der Waals surface area (Å²) in [7, 11) is 1.53. The summed E-state index contributed by atoms with van der Waals surface area (Å²) >= 11 is 0. The zero-order valence-electron chi connectivity index (χ0n) is 19.1. The van der Waals surface area contributed by atoms with E-state index in [4.69, 9.17) is 9.47 Å². The van der Waals surface area contributed by atoms with Gasteiger partial charge in [0.2, 0.25) is 5.88 Å². The monoisotopic (exact) mass is 441 g/mol. The lowest BCUT2D eigenvalue weighted by Gasteiger charge is -2.33. The molecule has 0 radical (unpaired) electrons. The van der Waals surface area contributed by atoms with E-state index in [1.165, 1.54) is 13.3 Å². The summed E-state index contributed by atoms with van der Waals surface area (Å²) in [5.74, 6) is 0.435. The molecule has 1 amide bonds. The van der Waals surface area contributed by atoms with E-state index >= 15 is 0 Å². The molecule has 0 aromatic carbocycles. The fourth-order valence-electron chi connectivity index (χ4n) is 3.85. The van der Waals surface area contributed by atoms with E-state index < -0.39 is 17.8 Å². The quantitative estimate of drug-likeness (QED) is 0.701. The first-order chi connectivity index (χ1) is 15.2. The Labute approximate surface area is 188 Å². The number of hydrogen-bond donors (Lipinski definition) is 2. The van der Waals surface area contributed by atoms with Gasteiger partial charge in [0.15, 0.2) is 0 Å². The average molecular weight is 442 g/mol. The molecule has 2 aromatic rings. The van der Waals surface area contributed by atoms with Crippen LogP contribution in [0.4, 0.5) is 4.79 Å². The maximum atomic E-state index is 12.0. The number of likely N-dealkylation sites (tertiary alicyclic amines) is 1. The number of carbonyl (C=O) groups is 1. The Hall–Kier alpha value is -2.96. The minimum Gasteiger partial charge on any atom is -0.481 e. The Balaban J connectivity index is 1.59. The Morgan fingerprint density at radius 1 is 1.38 bits per heavy atom. The maximum absolute atomic E-state index is 12.0. The van der Waals surface area contributed by atoms with Crippen LogP contribution in [0.2, 0.25) is 0 Å². The predicted molar refractivity (Wildman–Crippen MR) is 119 cm³/mol. The second-order valence-electron chi connectivity index (χ2n) is 9.06. The predicted octanol–water partition coefficient (Wildman–Crippen LogP) is 2.40. The first-order valence-electron chi connectivity index (χ1n) is 10.8. The van der Waals surface area contributed by atoms with Crippen molar-refractivity contribution in [1.82, 2.24) is 20.2 Å². The van der Waals surface area contributed by atoms with Gasteiger partial charge in [0, 0.05) is 49.9 Å². The van der Waals surface area contributed by atoms with Gasteiger partial charge < -0.3 is 24.8 Å². The number of carbonyl (C=O) groups excluding carboxylic acids is 1. The molecule has 1 aliphatic heterocycles. The van der Waals surface area contributed by atoms with E-state index in [0.29, 0.717) is 34.6 Å². The van der Waals surface area contributed by atoms with Crippen LogP contribution in [0.5, 0.6) is 5.88 Å². The number of ether oxygens (including phenoxy) is 2. The van der Waals surface area contributed by atoms with Gasteiger partial charge in [0.05, 0.1) is 29.8 Å². The Morgan fingerprint density at radius 3 is 2.72 bits per heavy atom. The second kappa shape index (κ2) is 10.1. The Bertz CT molecular complexity index is 990. The molecule has 1 aliphatic rings. The lowest BCUT2D eigenvalue weighted by molar-refractivity contribution is 0.0459. The van der Waals surface area contributed by atoms with E-state index in [0.717, 1.165) is 25.9 Å². The highest BCUT2D eigenvalue weighted by molar-refractivity contribution is 5.80. The number of β-amino-alcohol motifs (C(OH)–C–C–N with tert-alkyl or cyclic N) is 1. The van der Waals surface area contributed by atoms with E-state index in [1.54, 1.807) is 12.1 Å². The summed E-state index contributed by atoms with van der Waals surface area (Å²) in [6.07, 6.45) is 2.31. The molecule has 3 heterocycles. The summed E-state index contributed by atoms with van der Waals surface area (Å²) in [4.78, 5) is 22.9. The molecule has 3 rings (SSSR count). The van der Waals surface area contributed by atoms with Crippen molar-refractivity contribution >= 4 is 17.1 Å². The molecule has 9 nitrogen and oxygen atoms in total. The number of nitriles is 1. The van der Waals surface area contributed by atoms with Crippen LogP contribution in [0, 0.1) is 11.3 Å². The number of methoxy groups -OCH3 is 1. The van der Waals surface area contributed by atoms with E-state index in [9.17, 15) is 15.2 Å². The van der Waals surface area contributed by atoms with Crippen LogP contribution in [-0.2, 0) is 11.2 Å². The third kappa shape index (κ3) is 6.28. The van der Waals surface area contributed by atoms with Crippen molar-refractivity contribution in [2.24, 2.45) is 0 Å². The fraction of sp³-hybridized carbons (Fsp3) is 0.565. The van der Waals surface area contributed by atoms with Crippen LogP contribution >= 0.6 is 0 Å². The zero-order valence-corrected chi connectivity index (χ0v) is 19.1. The normalized spacial score (nSPS) is 16.4. The van der Waals surface area contributed by atoms with Crippen molar-refractivity contribution < 1.29 is 19.4 Å². The molecule has 1 unspecified atom stereocenters. The molecule has 172 valence electrons. The van der Waals surface area contributed by atoms with Crippen LogP contribution in [0.25, 0.3) is 11.0 Å². The second-order valence-corrected chi connectivity index (χ2v) is 9.06. The van der Waals surface area contributed by atoms with Gasteiger partial charge in [-0.25, -0.2) is 9.78 Å². The molecule has 9 heteroatoms. The zero-order chi connectivity index (χ0) is 23.3.